The fourth-order valence-electron chi connectivity index (χ4n) is 2.83. The van der Waals surface area contributed by atoms with Gasteiger partial charge in [0.25, 0.3) is 0 Å². The lowest BCUT2D eigenvalue weighted by Crippen LogP contribution is -2.24. The van der Waals surface area contributed by atoms with Gasteiger partial charge in [-0.3, -0.25) is 14.2 Å². The molecule has 1 N–H and O–H groups in total. The lowest BCUT2D eigenvalue weighted by atomic mass is 10.2. The van der Waals surface area contributed by atoms with Crippen LogP contribution in [0, 0.1) is 20.8 Å². The number of aromatic nitrogens is 4. The monoisotopic (exact) mass is 371 g/mol. The highest BCUT2D eigenvalue weighted by Crippen LogP contribution is 2.22. The predicted octanol–water partition coefficient (Wildman–Crippen LogP) is 3.91. The normalized spacial score (nSPS) is 12.2. The summed E-state index contributed by atoms with van der Waals surface area (Å²) in [5.41, 5.74) is 4.50. The van der Waals surface area contributed by atoms with E-state index in [-0.39, 0.29) is 5.91 Å². The lowest BCUT2D eigenvalue weighted by Gasteiger charge is -2.13. The first-order valence-electron chi connectivity index (χ1n) is 8.45. The molecular weight excluding hydrogens is 350 g/mol. The van der Waals surface area contributed by atoms with E-state index in [1.165, 1.54) is 0 Å². The first kappa shape index (κ1) is 18.2. The van der Waals surface area contributed by atoms with Crippen molar-refractivity contribution in [3.8, 4) is 0 Å². The molecule has 0 spiro atoms. The van der Waals surface area contributed by atoms with Crippen LogP contribution in [0.3, 0.4) is 0 Å². The SMILES string of the molecule is Cc1cnn(C(C)C(=O)Nc2c(C)nn(Cc3cccc(Cl)c3)c2C)c1. The van der Waals surface area contributed by atoms with Gasteiger partial charge in [-0.25, -0.2) is 0 Å². The minimum absolute atomic E-state index is 0.124. The zero-order chi connectivity index (χ0) is 18.8. The van der Waals surface area contributed by atoms with Gasteiger partial charge < -0.3 is 5.32 Å². The van der Waals surface area contributed by atoms with Gasteiger partial charge in [-0.2, -0.15) is 10.2 Å². The second kappa shape index (κ2) is 7.33. The van der Waals surface area contributed by atoms with Gasteiger partial charge in [0.1, 0.15) is 6.04 Å². The summed E-state index contributed by atoms with van der Waals surface area (Å²) in [6.07, 6.45) is 3.59. The number of rotatable bonds is 5. The maximum atomic E-state index is 12.6. The third-order valence-electron chi connectivity index (χ3n) is 4.36. The molecule has 7 heteroatoms. The molecule has 6 nitrogen and oxygen atoms in total. The van der Waals surface area contributed by atoms with E-state index in [0.29, 0.717) is 11.6 Å². The van der Waals surface area contributed by atoms with Crippen molar-refractivity contribution in [1.29, 1.82) is 0 Å². The number of anilines is 1. The van der Waals surface area contributed by atoms with Gasteiger partial charge >= 0.3 is 0 Å². The zero-order valence-electron chi connectivity index (χ0n) is 15.3. The van der Waals surface area contributed by atoms with E-state index < -0.39 is 6.04 Å². The summed E-state index contributed by atoms with van der Waals surface area (Å²) in [5, 5.41) is 12.5. The topological polar surface area (TPSA) is 64.7 Å². The van der Waals surface area contributed by atoms with Crippen LogP contribution in [0.2, 0.25) is 5.02 Å². The van der Waals surface area contributed by atoms with Crippen LogP contribution >= 0.6 is 11.6 Å². The predicted molar refractivity (Wildman–Crippen MR) is 103 cm³/mol. The Labute approximate surface area is 157 Å². The van der Waals surface area contributed by atoms with E-state index in [4.69, 9.17) is 11.6 Å². The molecule has 26 heavy (non-hydrogen) atoms. The first-order valence-corrected chi connectivity index (χ1v) is 8.83. The van der Waals surface area contributed by atoms with Crippen LogP contribution in [-0.2, 0) is 11.3 Å². The Bertz CT molecular complexity index is 943. The highest BCUT2D eigenvalue weighted by molar-refractivity contribution is 6.30. The highest BCUT2D eigenvalue weighted by atomic mass is 35.5. The highest BCUT2D eigenvalue weighted by Gasteiger charge is 2.20. The van der Waals surface area contributed by atoms with Crippen molar-refractivity contribution in [2.45, 2.75) is 40.3 Å². The molecule has 3 rings (SSSR count). The summed E-state index contributed by atoms with van der Waals surface area (Å²) in [5.74, 6) is -0.124. The van der Waals surface area contributed by atoms with Crippen LogP contribution in [0.15, 0.2) is 36.7 Å². The molecule has 0 aliphatic rings. The van der Waals surface area contributed by atoms with Crippen LogP contribution in [-0.4, -0.2) is 25.5 Å². The van der Waals surface area contributed by atoms with Gasteiger partial charge in [-0.15, -0.1) is 0 Å². The maximum absolute atomic E-state index is 12.6. The Morgan fingerprint density at radius 2 is 2.08 bits per heavy atom. The number of nitrogens with one attached hydrogen (secondary N) is 1. The number of aryl methyl sites for hydroxylation is 2. The van der Waals surface area contributed by atoms with E-state index in [0.717, 1.165) is 28.2 Å². The molecule has 0 bridgehead atoms. The molecule has 2 aromatic heterocycles. The molecule has 136 valence electrons. The van der Waals surface area contributed by atoms with Crippen molar-refractivity contribution in [2.75, 3.05) is 5.32 Å². The van der Waals surface area contributed by atoms with Crippen molar-refractivity contribution in [3.63, 3.8) is 0 Å². The van der Waals surface area contributed by atoms with Gasteiger partial charge in [-0.1, -0.05) is 23.7 Å². The summed E-state index contributed by atoms with van der Waals surface area (Å²) < 4.78 is 3.53. The van der Waals surface area contributed by atoms with Gasteiger partial charge in [0.05, 0.1) is 29.8 Å². The second-order valence-electron chi connectivity index (χ2n) is 6.50. The fraction of sp³-hybridized carbons (Fsp3) is 0.316. The van der Waals surface area contributed by atoms with Gasteiger partial charge in [0.15, 0.2) is 0 Å². The van der Waals surface area contributed by atoms with E-state index in [1.54, 1.807) is 10.9 Å². The van der Waals surface area contributed by atoms with Crippen molar-refractivity contribution in [3.05, 3.63) is 64.2 Å². The Morgan fingerprint density at radius 3 is 2.73 bits per heavy atom. The average molecular weight is 372 g/mol. The molecule has 0 saturated heterocycles. The van der Waals surface area contributed by atoms with Crippen molar-refractivity contribution >= 4 is 23.2 Å². The first-order chi connectivity index (χ1) is 12.3. The molecule has 1 aromatic carbocycles. The Kier molecular flexibility index (Phi) is 5.13. The summed E-state index contributed by atoms with van der Waals surface area (Å²) in [4.78, 5) is 12.6. The standard InChI is InChI=1S/C19H22ClN5O/c1-12-9-21-24(10-12)15(4)19(26)22-18-13(2)23-25(14(18)3)11-16-6-5-7-17(20)8-16/h5-10,15H,11H2,1-4H3,(H,22,26). The van der Waals surface area contributed by atoms with Crippen molar-refractivity contribution < 1.29 is 4.79 Å². The number of halogens is 1. The molecular formula is C19H22ClN5O. The third-order valence-corrected chi connectivity index (χ3v) is 4.59. The molecule has 0 radical (unpaired) electrons. The Balaban J connectivity index is 1.78. The molecule has 0 saturated carbocycles. The Hall–Kier alpha value is -2.60. The number of nitrogens with zero attached hydrogens (tertiary/aromatic N) is 4. The van der Waals surface area contributed by atoms with Crippen molar-refractivity contribution in [2.24, 2.45) is 0 Å². The van der Waals surface area contributed by atoms with Crippen LogP contribution in [0.1, 0.15) is 35.5 Å². The second-order valence-corrected chi connectivity index (χ2v) is 6.93. The molecule has 2 heterocycles. The van der Waals surface area contributed by atoms with Gasteiger partial charge in [0.2, 0.25) is 5.91 Å². The number of carbonyl (C=O) groups is 1. The van der Waals surface area contributed by atoms with E-state index in [1.807, 2.05) is 62.8 Å². The molecule has 3 aromatic rings. The number of hydrogen-bond acceptors (Lipinski definition) is 3. The van der Waals surface area contributed by atoms with Gasteiger partial charge in [-0.05, 0) is 51.0 Å². The van der Waals surface area contributed by atoms with E-state index in [9.17, 15) is 4.79 Å². The van der Waals surface area contributed by atoms with Crippen molar-refractivity contribution in [1.82, 2.24) is 19.6 Å². The minimum Gasteiger partial charge on any atom is -0.321 e. The van der Waals surface area contributed by atoms with Crippen LogP contribution < -0.4 is 5.32 Å². The summed E-state index contributed by atoms with van der Waals surface area (Å²) in [6.45, 7) is 8.20. The summed E-state index contributed by atoms with van der Waals surface area (Å²) in [6, 6.07) is 7.27. The maximum Gasteiger partial charge on any atom is 0.249 e. The molecule has 1 amide bonds. The van der Waals surface area contributed by atoms with Crippen LogP contribution in [0.25, 0.3) is 0 Å². The molecule has 1 atom stereocenters. The quantitative estimate of drug-likeness (QED) is 0.739. The third kappa shape index (κ3) is 3.80. The number of carbonyl (C=O) groups excluding carboxylic acids is 1. The molecule has 0 aliphatic heterocycles. The molecule has 0 aliphatic carbocycles. The number of hydrogen-bond donors (Lipinski definition) is 1. The average Bonchev–Trinajstić information content (AvgIpc) is 3.13. The van der Waals surface area contributed by atoms with Gasteiger partial charge in [0, 0.05) is 11.2 Å². The largest absolute Gasteiger partial charge is 0.321 e. The molecule has 1 unspecified atom stereocenters. The smallest absolute Gasteiger partial charge is 0.249 e. The number of benzene rings is 1. The van der Waals surface area contributed by atoms with E-state index in [2.05, 4.69) is 15.5 Å². The lowest BCUT2D eigenvalue weighted by molar-refractivity contribution is -0.119. The molecule has 0 fully saturated rings. The summed E-state index contributed by atoms with van der Waals surface area (Å²) >= 11 is 6.06. The number of amides is 1. The zero-order valence-corrected chi connectivity index (χ0v) is 16.1. The van der Waals surface area contributed by atoms with E-state index >= 15 is 0 Å². The summed E-state index contributed by atoms with van der Waals surface area (Å²) in [7, 11) is 0. The van der Waals surface area contributed by atoms with Crippen LogP contribution in [0.4, 0.5) is 5.69 Å². The Morgan fingerprint density at radius 1 is 1.31 bits per heavy atom. The minimum atomic E-state index is -0.404. The fourth-order valence-corrected chi connectivity index (χ4v) is 3.05. The van der Waals surface area contributed by atoms with Crippen LogP contribution in [0.5, 0.6) is 0 Å².